The average Bonchev–Trinajstić information content (AvgIpc) is 2.38. The van der Waals surface area contributed by atoms with Crippen molar-refractivity contribution < 1.29 is 5.11 Å². The first-order chi connectivity index (χ1) is 8.27. The van der Waals surface area contributed by atoms with Gasteiger partial charge in [-0.2, -0.15) is 0 Å². The van der Waals surface area contributed by atoms with Crippen LogP contribution in [0.2, 0.25) is 0 Å². The van der Waals surface area contributed by atoms with Crippen molar-refractivity contribution in [1.29, 1.82) is 0 Å². The lowest BCUT2D eigenvalue weighted by molar-refractivity contribution is 0.219. The quantitative estimate of drug-likeness (QED) is 0.819. The van der Waals surface area contributed by atoms with Gasteiger partial charge in [-0.1, -0.05) is 60.7 Å². The van der Waals surface area contributed by atoms with Crippen molar-refractivity contribution in [2.75, 3.05) is 6.16 Å². The van der Waals surface area contributed by atoms with Crippen molar-refractivity contribution in [1.82, 2.24) is 0 Å². The molecule has 1 unspecified atom stereocenters. The van der Waals surface area contributed by atoms with Crippen LogP contribution in [0.25, 0.3) is 0 Å². The second kappa shape index (κ2) is 5.95. The van der Waals surface area contributed by atoms with Gasteiger partial charge in [0.1, 0.15) is 0 Å². The van der Waals surface area contributed by atoms with Gasteiger partial charge in [0.05, 0.1) is 6.10 Å². The summed E-state index contributed by atoms with van der Waals surface area (Å²) in [4.78, 5) is 0. The molecule has 2 aromatic rings. The van der Waals surface area contributed by atoms with Crippen LogP contribution in [-0.4, -0.2) is 17.4 Å². The van der Waals surface area contributed by atoms with Crippen molar-refractivity contribution in [2.24, 2.45) is 0 Å². The molecule has 0 saturated heterocycles. The number of aliphatic hydroxyl groups excluding tert-OH is 1. The molecule has 17 heavy (non-hydrogen) atoms. The SMILES string of the molecule is CC(O)CP(c1ccccc1)c1ccccc1. The molecule has 0 aromatic heterocycles. The molecule has 0 aliphatic heterocycles. The van der Waals surface area contributed by atoms with Crippen molar-refractivity contribution in [3.63, 3.8) is 0 Å². The molecule has 0 aliphatic rings. The summed E-state index contributed by atoms with van der Waals surface area (Å²) in [6.07, 6.45) is 0.560. The van der Waals surface area contributed by atoms with Crippen LogP contribution in [0, 0.1) is 0 Å². The largest absolute Gasteiger partial charge is 0.393 e. The van der Waals surface area contributed by atoms with Crippen molar-refractivity contribution in [3.05, 3.63) is 60.7 Å². The maximum atomic E-state index is 9.66. The molecule has 0 heterocycles. The van der Waals surface area contributed by atoms with Crippen LogP contribution in [-0.2, 0) is 0 Å². The summed E-state index contributed by atoms with van der Waals surface area (Å²) in [5, 5.41) is 12.3. The third-order valence-corrected chi connectivity index (χ3v) is 5.32. The van der Waals surface area contributed by atoms with Crippen molar-refractivity contribution >= 4 is 18.5 Å². The number of aliphatic hydroxyl groups is 1. The lowest BCUT2D eigenvalue weighted by Gasteiger charge is -2.20. The van der Waals surface area contributed by atoms with Crippen LogP contribution in [0.4, 0.5) is 0 Å². The first-order valence-corrected chi connectivity index (χ1v) is 7.36. The summed E-state index contributed by atoms with van der Waals surface area (Å²) in [6, 6.07) is 20.9. The molecule has 1 atom stereocenters. The summed E-state index contributed by atoms with van der Waals surface area (Å²) in [6.45, 7) is 1.86. The van der Waals surface area contributed by atoms with Crippen LogP contribution in [0.3, 0.4) is 0 Å². The first-order valence-electron chi connectivity index (χ1n) is 5.83. The zero-order valence-corrected chi connectivity index (χ0v) is 10.8. The number of benzene rings is 2. The molecule has 0 aliphatic carbocycles. The van der Waals surface area contributed by atoms with E-state index in [0.29, 0.717) is 0 Å². The third kappa shape index (κ3) is 3.39. The number of hydrogen-bond donors (Lipinski definition) is 1. The van der Waals surface area contributed by atoms with Gasteiger partial charge >= 0.3 is 0 Å². The standard InChI is InChI=1S/C15H17OP/c1-13(16)12-17(14-8-4-2-5-9-14)15-10-6-3-7-11-15/h2-11,13,16H,12H2,1H3. The Labute approximate surface area is 104 Å². The molecule has 2 heteroatoms. The van der Waals surface area contributed by atoms with Gasteiger partial charge in [-0.25, -0.2) is 0 Å². The minimum Gasteiger partial charge on any atom is -0.393 e. The van der Waals surface area contributed by atoms with Crippen LogP contribution < -0.4 is 10.6 Å². The molecule has 0 bridgehead atoms. The molecular formula is C15H17OP. The predicted octanol–water partition coefficient (Wildman–Crippen LogP) is 2.50. The van der Waals surface area contributed by atoms with Gasteiger partial charge < -0.3 is 5.11 Å². The Balaban J connectivity index is 2.32. The fourth-order valence-electron chi connectivity index (χ4n) is 1.84. The number of rotatable bonds is 4. The molecule has 0 spiro atoms. The van der Waals surface area contributed by atoms with Gasteiger partial charge in [0, 0.05) is 6.16 Å². The fourth-order valence-corrected chi connectivity index (χ4v) is 4.15. The second-order valence-corrected chi connectivity index (χ2v) is 6.38. The topological polar surface area (TPSA) is 20.2 Å². The summed E-state index contributed by atoms with van der Waals surface area (Å²) < 4.78 is 0. The second-order valence-electron chi connectivity index (χ2n) is 4.13. The van der Waals surface area contributed by atoms with Crippen molar-refractivity contribution in [3.8, 4) is 0 Å². The monoisotopic (exact) mass is 244 g/mol. The Bertz CT molecular complexity index is 399. The Kier molecular flexibility index (Phi) is 4.30. The smallest absolute Gasteiger partial charge is 0.0557 e. The van der Waals surface area contributed by atoms with Crippen LogP contribution >= 0.6 is 7.92 Å². The summed E-state index contributed by atoms with van der Waals surface area (Å²) in [5.41, 5.74) is 0. The number of hydrogen-bond acceptors (Lipinski definition) is 1. The molecule has 1 N–H and O–H groups in total. The normalized spacial score (nSPS) is 12.6. The van der Waals surface area contributed by atoms with Crippen LogP contribution in [0.1, 0.15) is 6.92 Å². The highest BCUT2D eigenvalue weighted by Crippen LogP contribution is 2.33. The summed E-state index contributed by atoms with van der Waals surface area (Å²) in [7, 11) is -0.440. The minimum absolute atomic E-state index is 0.262. The molecule has 0 saturated carbocycles. The maximum absolute atomic E-state index is 9.66. The summed E-state index contributed by atoms with van der Waals surface area (Å²) in [5.74, 6) is 0. The van der Waals surface area contributed by atoms with Gasteiger partial charge in [-0.3, -0.25) is 0 Å². The van der Waals surface area contributed by atoms with E-state index in [-0.39, 0.29) is 6.10 Å². The zero-order chi connectivity index (χ0) is 12.1. The highest BCUT2D eigenvalue weighted by Gasteiger charge is 2.15. The molecule has 0 amide bonds. The predicted molar refractivity (Wildman–Crippen MR) is 75.6 cm³/mol. The fraction of sp³-hybridized carbons (Fsp3) is 0.200. The maximum Gasteiger partial charge on any atom is 0.0557 e. The van der Waals surface area contributed by atoms with E-state index in [2.05, 4.69) is 48.5 Å². The average molecular weight is 244 g/mol. The molecule has 2 rings (SSSR count). The molecule has 2 aromatic carbocycles. The molecular weight excluding hydrogens is 227 g/mol. The Morgan fingerprint density at radius 2 is 1.29 bits per heavy atom. The molecule has 1 nitrogen and oxygen atoms in total. The zero-order valence-electron chi connectivity index (χ0n) is 9.95. The van der Waals surface area contributed by atoms with Crippen LogP contribution in [0.5, 0.6) is 0 Å². The minimum atomic E-state index is -0.440. The lowest BCUT2D eigenvalue weighted by atomic mass is 10.4. The molecule has 88 valence electrons. The van der Waals surface area contributed by atoms with E-state index in [0.717, 1.165) is 6.16 Å². The Morgan fingerprint density at radius 1 is 0.882 bits per heavy atom. The molecule has 0 fully saturated rings. The van der Waals surface area contributed by atoms with Gasteiger partial charge in [0.15, 0.2) is 0 Å². The van der Waals surface area contributed by atoms with Gasteiger partial charge in [-0.15, -0.1) is 0 Å². The van der Waals surface area contributed by atoms with E-state index in [1.165, 1.54) is 10.6 Å². The van der Waals surface area contributed by atoms with Crippen LogP contribution in [0.15, 0.2) is 60.7 Å². The first kappa shape index (κ1) is 12.3. The molecule has 0 radical (unpaired) electrons. The Hall–Kier alpha value is -1.17. The van der Waals surface area contributed by atoms with Gasteiger partial charge in [-0.05, 0) is 25.5 Å². The lowest BCUT2D eigenvalue weighted by Crippen LogP contribution is -2.19. The van der Waals surface area contributed by atoms with E-state index < -0.39 is 7.92 Å². The van der Waals surface area contributed by atoms with E-state index in [1.54, 1.807) is 0 Å². The third-order valence-electron chi connectivity index (χ3n) is 2.58. The van der Waals surface area contributed by atoms with Gasteiger partial charge in [0.25, 0.3) is 0 Å². The van der Waals surface area contributed by atoms with Gasteiger partial charge in [0.2, 0.25) is 0 Å². The highest BCUT2D eigenvalue weighted by atomic mass is 31.1. The Morgan fingerprint density at radius 3 is 1.65 bits per heavy atom. The van der Waals surface area contributed by atoms with Crippen molar-refractivity contribution in [2.45, 2.75) is 13.0 Å². The summed E-state index contributed by atoms with van der Waals surface area (Å²) >= 11 is 0. The van der Waals surface area contributed by atoms with E-state index in [9.17, 15) is 5.11 Å². The van der Waals surface area contributed by atoms with E-state index >= 15 is 0 Å². The van der Waals surface area contributed by atoms with E-state index in [4.69, 9.17) is 0 Å². The van der Waals surface area contributed by atoms with E-state index in [1.807, 2.05) is 19.1 Å². The highest BCUT2D eigenvalue weighted by molar-refractivity contribution is 7.73.